The highest BCUT2D eigenvalue weighted by molar-refractivity contribution is 7.71. The van der Waals surface area contributed by atoms with Gasteiger partial charge in [0.25, 0.3) is 5.56 Å². The lowest BCUT2D eigenvalue weighted by Crippen LogP contribution is -2.20. The highest BCUT2D eigenvalue weighted by atomic mass is 32.1. The lowest BCUT2D eigenvalue weighted by molar-refractivity contribution is 0.924. The van der Waals surface area contributed by atoms with Crippen LogP contribution in [0.5, 0.6) is 0 Å². The van der Waals surface area contributed by atoms with Gasteiger partial charge in [0.15, 0.2) is 4.77 Å². The zero-order valence-electron chi connectivity index (χ0n) is 9.51. The molecule has 0 aliphatic heterocycles. The third kappa shape index (κ3) is 1.61. The minimum atomic E-state index is -0.0974. The fraction of sp³-hybridized carbons (Fsp3) is 0.0833. The first-order valence-electron chi connectivity index (χ1n) is 5.32. The molecule has 0 spiro atoms. The third-order valence-electron chi connectivity index (χ3n) is 2.76. The fourth-order valence-corrected chi connectivity index (χ4v) is 2.92. The number of hydrogen-bond donors (Lipinski definition) is 1. The summed E-state index contributed by atoms with van der Waals surface area (Å²) >= 11 is 6.66. The first-order valence-corrected chi connectivity index (χ1v) is 6.61. The van der Waals surface area contributed by atoms with E-state index in [-0.39, 0.29) is 5.56 Å². The van der Waals surface area contributed by atoms with Gasteiger partial charge < -0.3 is 4.98 Å². The second kappa shape index (κ2) is 4.15. The number of nitrogens with one attached hydrogen (secondary N) is 1. The summed E-state index contributed by atoms with van der Waals surface area (Å²) in [6.45, 7) is 1.93. The van der Waals surface area contributed by atoms with E-state index in [1.807, 2.05) is 24.4 Å². The summed E-state index contributed by atoms with van der Waals surface area (Å²) in [5.41, 5.74) is 2.37. The first-order chi connectivity index (χ1) is 8.68. The Morgan fingerprint density at radius 2 is 2.28 bits per heavy atom. The molecule has 0 aliphatic carbocycles. The molecule has 0 amide bonds. The predicted octanol–water partition coefficient (Wildman–Crippen LogP) is 2.81. The summed E-state index contributed by atoms with van der Waals surface area (Å²) in [7, 11) is 0. The van der Waals surface area contributed by atoms with Gasteiger partial charge in [0.05, 0.1) is 17.4 Å². The number of aryl methyl sites for hydroxylation is 1. The van der Waals surface area contributed by atoms with Crippen molar-refractivity contribution >= 4 is 33.8 Å². The number of thiophene rings is 1. The fourth-order valence-electron chi connectivity index (χ4n) is 1.85. The van der Waals surface area contributed by atoms with Gasteiger partial charge in [-0.1, -0.05) is 0 Å². The average Bonchev–Trinajstić information content (AvgIpc) is 2.79. The second-order valence-electron chi connectivity index (χ2n) is 3.90. The van der Waals surface area contributed by atoms with E-state index in [0.717, 1.165) is 16.8 Å². The van der Waals surface area contributed by atoms with Crippen molar-refractivity contribution in [3.05, 3.63) is 50.6 Å². The van der Waals surface area contributed by atoms with Crippen LogP contribution < -0.4 is 5.56 Å². The van der Waals surface area contributed by atoms with Gasteiger partial charge in [0.1, 0.15) is 4.70 Å². The van der Waals surface area contributed by atoms with Crippen LogP contribution >= 0.6 is 23.6 Å². The quantitative estimate of drug-likeness (QED) is 0.695. The molecule has 6 heteroatoms. The average molecular weight is 275 g/mol. The molecule has 90 valence electrons. The number of fused-ring (bicyclic) bond motifs is 1. The van der Waals surface area contributed by atoms with Crippen LogP contribution in [-0.4, -0.2) is 14.5 Å². The molecule has 18 heavy (non-hydrogen) atoms. The molecular weight excluding hydrogens is 266 g/mol. The lowest BCUT2D eigenvalue weighted by atomic mass is 10.2. The molecular formula is C12H9N3OS2. The number of nitrogens with zero attached hydrogens (tertiary/aromatic N) is 2. The zero-order chi connectivity index (χ0) is 12.7. The molecule has 4 nitrogen and oxygen atoms in total. The molecule has 1 N–H and O–H groups in total. The Labute approximate surface area is 112 Å². The summed E-state index contributed by atoms with van der Waals surface area (Å²) in [4.78, 5) is 19.5. The number of rotatable bonds is 1. The van der Waals surface area contributed by atoms with Gasteiger partial charge in [-0.2, -0.15) is 0 Å². The molecule has 3 heterocycles. The van der Waals surface area contributed by atoms with E-state index >= 15 is 0 Å². The standard InChI is InChI=1S/C12H9N3OS2/c1-7-2-4-13-6-9(7)15-11(16)10-8(3-5-18-10)14-12(15)17/h2-6H,1H3,(H,14,17). The maximum absolute atomic E-state index is 12.4. The molecule has 0 saturated carbocycles. The molecule has 0 unspecified atom stereocenters. The first kappa shape index (κ1) is 11.3. The number of aromatic nitrogens is 3. The maximum atomic E-state index is 12.4. The zero-order valence-corrected chi connectivity index (χ0v) is 11.1. The van der Waals surface area contributed by atoms with Gasteiger partial charge in [-0.3, -0.25) is 14.3 Å². The van der Waals surface area contributed by atoms with Crippen molar-refractivity contribution in [1.82, 2.24) is 14.5 Å². The van der Waals surface area contributed by atoms with E-state index in [0.29, 0.717) is 9.47 Å². The van der Waals surface area contributed by atoms with Gasteiger partial charge in [-0.05, 0) is 42.2 Å². The minimum absolute atomic E-state index is 0.0974. The monoisotopic (exact) mass is 275 g/mol. The smallest absolute Gasteiger partial charge is 0.276 e. The molecule has 0 atom stereocenters. The Morgan fingerprint density at radius 1 is 1.44 bits per heavy atom. The van der Waals surface area contributed by atoms with Gasteiger partial charge in [0, 0.05) is 6.20 Å². The number of aromatic amines is 1. The third-order valence-corrected chi connectivity index (χ3v) is 3.95. The largest absolute Gasteiger partial charge is 0.331 e. The van der Waals surface area contributed by atoms with Crippen LogP contribution in [0.4, 0.5) is 0 Å². The van der Waals surface area contributed by atoms with Crippen LogP contribution in [0.25, 0.3) is 15.9 Å². The SMILES string of the molecule is Cc1ccncc1-n1c(=S)[nH]c2ccsc2c1=O. The van der Waals surface area contributed by atoms with Crippen molar-refractivity contribution in [2.75, 3.05) is 0 Å². The van der Waals surface area contributed by atoms with E-state index in [2.05, 4.69) is 9.97 Å². The lowest BCUT2D eigenvalue weighted by Gasteiger charge is -2.08. The van der Waals surface area contributed by atoms with E-state index in [4.69, 9.17) is 12.2 Å². The van der Waals surface area contributed by atoms with Gasteiger partial charge in [0.2, 0.25) is 0 Å². The Hall–Kier alpha value is -1.79. The van der Waals surface area contributed by atoms with Crippen LogP contribution in [0.3, 0.4) is 0 Å². The molecule has 3 aromatic rings. The second-order valence-corrected chi connectivity index (χ2v) is 5.20. The van der Waals surface area contributed by atoms with Crippen molar-refractivity contribution in [2.45, 2.75) is 6.92 Å². The van der Waals surface area contributed by atoms with Crippen molar-refractivity contribution < 1.29 is 0 Å². The van der Waals surface area contributed by atoms with E-state index in [1.54, 1.807) is 12.4 Å². The molecule has 0 radical (unpaired) electrons. The van der Waals surface area contributed by atoms with E-state index in [9.17, 15) is 4.79 Å². The summed E-state index contributed by atoms with van der Waals surface area (Å²) in [5.74, 6) is 0. The van der Waals surface area contributed by atoms with Crippen LogP contribution in [0.1, 0.15) is 5.56 Å². The number of hydrogen-bond acceptors (Lipinski definition) is 4. The maximum Gasteiger partial charge on any atom is 0.276 e. The molecule has 0 aliphatic rings. The van der Waals surface area contributed by atoms with Crippen LogP contribution in [0.15, 0.2) is 34.7 Å². The van der Waals surface area contributed by atoms with E-state index < -0.39 is 0 Å². The Kier molecular flexibility index (Phi) is 2.61. The van der Waals surface area contributed by atoms with Crippen molar-refractivity contribution in [3.63, 3.8) is 0 Å². The molecule has 0 saturated heterocycles. The van der Waals surface area contributed by atoms with Gasteiger partial charge in [-0.25, -0.2) is 0 Å². The molecule has 0 aromatic carbocycles. The molecule has 3 rings (SSSR count). The molecule has 0 bridgehead atoms. The Bertz CT molecular complexity index is 844. The summed E-state index contributed by atoms with van der Waals surface area (Å²) in [6.07, 6.45) is 3.35. The molecule has 3 aromatic heterocycles. The number of pyridine rings is 1. The topological polar surface area (TPSA) is 50.7 Å². The Morgan fingerprint density at radius 3 is 3.06 bits per heavy atom. The van der Waals surface area contributed by atoms with Crippen molar-refractivity contribution in [1.29, 1.82) is 0 Å². The van der Waals surface area contributed by atoms with Gasteiger partial charge in [-0.15, -0.1) is 11.3 Å². The van der Waals surface area contributed by atoms with Crippen LogP contribution in [0.2, 0.25) is 0 Å². The van der Waals surface area contributed by atoms with E-state index in [1.165, 1.54) is 15.9 Å². The normalized spacial score (nSPS) is 10.9. The van der Waals surface area contributed by atoms with Crippen molar-refractivity contribution in [2.24, 2.45) is 0 Å². The number of H-pyrrole nitrogens is 1. The van der Waals surface area contributed by atoms with Crippen molar-refractivity contribution in [3.8, 4) is 5.69 Å². The highest BCUT2D eigenvalue weighted by Crippen LogP contribution is 2.17. The highest BCUT2D eigenvalue weighted by Gasteiger charge is 2.10. The Balaban J connectivity index is 2.47. The molecule has 0 fully saturated rings. The van der Waals surface area contributed by atoms with Crippen LogP contribution in [-0.2, 0) is 0 Å². The van der Waals surface area contributed by atoms with Gasteiger partial charge >= 0.3 is 0 Å². The predicted molar refractivity (Wildman–Crippen MR) is 75.1 cm³/mol. The summed E-state index contributed by atoms with van der Waals surface area (Å²) < 4.78 is 2.56. The van der Waals surface area contributed by atoms with Crippen LogP contribution in [0, 0.1) is 11.7 Å². The minimum Gasteiger partial charge on any atom is -0.331 e. The summed E-state index contributed by atoms with van der Waals surface area (Å²) in [5, 5.41) is 1.87. The summed E-state index contributed by atoms with van der Waals surface area (Å²) in [6, 6.07) is 3.72.